The van der Waals surface area contributed by atoms with Gasteiger partial charge in [-0.1, -0.05) is 6.07 Å². The molecule has 1 aliphatic carbocycles. The molecule has 1 aromatic heterocycles. The highest BCUT2D eigenvalue weighted by Crippen LogP contribution is 2.29. The first-order valence-corrected chi connectivity index (χ1v) is 7.63. The number of thiophene rings is 1. The summed E-state index contributed by atoms with van der Waals surface area (Å²) in [6, 6.07) is 3.95. The highest BCUT2D eigenvalue weighted by atomic mass is 32.1. The zero-order chi connectivity index (χ0) is 14.5. The second-order valence-corrected chi connectivity index (χ2v) is 6.37. The fraction of sp³-hybridized carbons (Fsp3) is 0.571. The van der Waals surface area contributed by atoms with Crippen LogP contribution in [0.1, 0.15) is 17.7 Å². The molecule has 0 aliphatic heterocycles. The fourth-order valence-corrected chi connectivity index (χ4v) is 2.84. The lowest BCUT2D eigenvalue weighted by Gasteiger charge is -2.23. The number of likely N-dealkylation sites (N-methyl/N-ethyl adjacent to an activating group) is 1. The number of carbonyl (C=O) groups excluding carboxylic acids is 1. The molecule has 5 nitrogen and oxygen atoms in total. The van der Waals surface area contributed by atoms with Crippen molar-refractivity contribution in [3.05, 3.63) is 22.4 Å². The van der Waals surface area contributed by atoms with Crippen molar-refractivity contribution in [2.45, 2.75) is 19.4 Å². The van der Waals surface area contributed by atoms with E-state index in [0.29, 0.717) is 19.0 Å². The SMILES string of the molecule is CN(Cc1cccs1)C(=O)CN(CC(=O)O)CC1CC1. The average Bonchev–Trinajstić information content (AvgIpc) is 3.02. The minimum absolute atomic E-state index is 0.0275. The molecule has 1 aliphatic rings. The van der Waals surface area contributed by atoms with Gasteiger partial charge in [-0.3, -0.25) is 14.5 Å². The largest absolute Gasteiger partial charge is 0.480 e. The highest BCUT2D eigenvalue weighted by Gasteiger charge is 2.27. The molecule has 0 atom stereocenters. The summed E-state index contributed by atoms with van der Waals surface area (Å²) in [7, 11) is 1.76. The van der Waals surface area contributed by atoms with E-state index in [1.807, 2.05) is 17.5 Å². The zero-order valence-corrected chi connectivity index (χ0v) is 12.4. The second-order valence-electron chi connectivity index (χ2n) is 5.34. The predicted molar refractivity (Wildman–Crippen MR) is 77.6 cm³/mol. The molecule has 2 rings (SSSR count). The Morgan fingerprint density at radius 2 is 2.15 bits per heavy atom. The molecule has 0 bridgehead atoms. The topological polar surface area (TPSA) is 60.9 Å². The van der Waals surface area contributed by atoms with E-state index in [-0.39, 0.29) is 19.0 Å². The zero-order valence-electron chi connectivity index (χ0n) is 11.6. The molecule has 0 unspecified atom stereocenters. The summed E-state index contributed by atoms with van der Waals surface area (Å²) in [5.41, 5.74) is 0. The highest BCUT2D eigenvalue weighted by molar-refractivity contribution is 7.09. The molecule has 1 fully saturated rings. The third-order valence-corrected chi connectivity index (χ3v) is 4.19. The second kappa shape index (κ2) is 6.85. The summed E-state index contributed by atoms with van der Waals surface area (Å²) >= 11 is 1.62. The van der Waals surface area contributed by atoms with Gasteiger partial charge in [0.05, 0.1) is 19.6 Å². The van der Waals surface area contributed by atoms with Gasteiger partial charge in [0.1, 0.15) is 0 Å². The van der Waals surface area contributed by atoms with Crippen LogP contribution in [-0.4, -0.2) is 53.5 Å². The molecule has 0 spiro atoms. The number of rotatable bonds is 8. The normalized spacial score (nSPS) is 14.5. The van der Waals surface area contributed by atoms with Crippen molar-refractivity contribution < 1.29 is 14.7 Å². The van der Waals surface area contributed by atoms with Crippen molar-refractivity contribution in [1.82, 2.24) is 9.80 Å². The van der Waals surface area contributed by atoms with Crippen LogP contribution in [0.15, 0.2) is 17.5 Å². The molecule has 1 saturated carbocycles. The summed E-state index contributed by atoms with van der Waals surface area (Å²) in [4.78, 5) is 27.5. The monoisotopic (exact) mass is 296 g/mol. The van der Waals surface area contributed by atoms with Crippen LogP contribution < -0.4 is 0 Å². The fourth-order valence-electron chi connectivity index (χ4n) is 2.08. The van der Waals surface area contributed by atoms with E-state index in [1.165, 1.54) is 0 Å². The third kappa shape index (κ3) is 4.94. The first-order chi connectivity index (χ1) is 9.54. The lowest BCUT2D eigenvalue weighted by molar-refractivity contribution is -0.139. The van der Waals surface area contributed by atoms with Gasteiger partial charge in [-0.05, 0) is 30.2 Å². The van der Waals surface area contributed by atoms with Gasteiger partial charge in [0, 0.05) is 18.5 Å². The minimum atomic E-state index is -0.876. The Balaban J connectivity index is 1.84. The molecule has 20 heavy (non-hydrogen) atoms. The molecule has 1 amide bonds. The maximum atomic E-state index is 12.2. The van der Waals surface area contributed by atoms with Crippen LogP contribution in [-0.2, 0) is 16.1 Å². The van der Waals surface area contributed by atoms with Crippen molar-refractivity contribution in [1.29, 1.82) is 0 Å². The maximum absolute atomic E-state index is 12.2. The Bertz CT molecular complexity index is 457. The summed E-state index contributed by atoms with van der Waals surface area (Å²) in [6.45, 7) is 1.42. The van der Waals surface area contributed by atoms with E-state index < -0.39 is 5.97 Å². The third-order valence-electron chi connectivity index (χ3n) is 3.33. The number of carboxylic acids is 1. The van der Waals surface area contributed by atoms with Gasteiger partial charge in [-0.2, -0.15) is 0 Å². The van der Waals surface area contributed by atoms with Gasteiger partial charge in [0.25, 0.3) is 0 Å². The van der Waals surface area contributed by atoms with E-state index in [0.717, 1.165) is 17.7 Å². The molecule has 6 heteroatoms. The molecule has 1 N–H and O–H groups in total. The van der Waals surface area contributed by atoms with Gasteiger partial charge in [-0.15, -0.1) is 11.3 Å². The van der Waals surface area contributed by atoms with Gasteiger partial charge < -0.3 is 10.0 Å². The number of carboxylic acid groups (broad SMARTS) is 1. The predicted octanol–water partition coefficient (Wildman–Crippen LogP) is 1.50. The van der Waals surface area contributed by atoms with E-state index >= 15 is 0 Å². The molecular weight excluding hydrogens is 276 g/mol. The number of aliphatic carboxylic acids is 1. The van der Waals surface area contributed by atoms with Crippen LogP contribution >= 0.6 is 11.3 Å². The van der Waals surface area contributed by atoms with Gasteiger partial charge in [0.2, 0.25) is 5.91 Å². The number of nitrogens with zero attached hydrogens (tertiary/aromatic N) is 2. The van der Waals surface area contributed by atoms with Crippen molar-refractivity contribution in [3.63, 3.8) is 0 Å². The Hall–Kier alpha value is -1.40. The first kappa shape index (κ1) is 15.0. The molecule has 110 valence electrons. The number of hydrogen-bond acceptors (Lipinski definition) is 4. The smallest absolute Gasteiger partial charge is 0.317 e. The van der Waals surface area contributed by atoms with Crippen LogP contribution in [0.5, 0.6) is 0 Å². The lowest BCUT2D eigenvalue weighted by Crippen LogP contribution is -2.41. The standard InChI is InChI=1S/C14H20N2O3S/c1-15(8-12-3-2-6-20-12)13(17)9-16(10-14(18)19)7-11-4-5-11/h2-3,6,11H,4-5,7-10H2,1H3,(H,18,19). The van der Waals surface area contributed by atoms with Crippen molar-refractivity contribution in [2.75, 3.05) is 26.7 Å². The van der Waals surface area contributed by atoms with Crippen LogP contribution in [0, 0.1) is 5.92 Å². The number of amides is 1. The van der Waals surface area contributed by atoms with Gasteiger partial charge in [0.15, 0.2) is 0 Å². The van der Waals surface area contributed by atoms with Crippen molar-refractivity contribution in [2.24, 2.45) is 5.92 Å². The van der Waals surface area contributed by atoms with Crippen molar-refractivity contribution >= 4 is 23.2 Å². The van der Waals surface area contributed by atoms with Gasteiger partial charge >= 0.3 is 5.97 Å². The molecule has 1 aromatic rings. The maximum Gasteiger partial charge on any atom is 0.317 e. The molecule has 0 saturated heterocycles. The van der Waals surface area contributed by atoms with Crippen LogP contribution in [0.25, 0.3) is 0 Å². The van der Waals surface area contributed by atoms with Gasteiger partial charge in [-0.25, -0.2) is 0 Å². The van der Waals surface area contributed by atoms with Crippen molar-refractivity contribution in [3.8, 4) is 0 Å². The molecule has 0 radical (unpaired) electrons. The molecule has 0 aromatic carbocycles. The summed E-state index contributed by atoms with van der Waals surface area (Å²) in [6.07, 6.45) is 2.30. The lowest BCUT2D eigenvalue weighted by atomic mass is 10.3. The van der Waals surface area contributed by atoms with Crippen LogP contribution in [0.3, 0.4) is 0 Å². The number of hydrogen-bond donors (Lipinski definition) is 1. The van der Waals surface area contributed by atoms with Crippen LogP contribution in [0.4, 0.5) is 0 Å². The summed E-state index contributed by atoms with van der Waals surface area (Å²) in [5.74, 6) is -0.329. The Morgan fingerprint density at radius 1 is 1.40 bits per heavy atom. The number of carbonyl (C=O) groups is 2. The van der Waals surface area contributed by atoms with E-state index in [2.05, 4.69) is 0 Å². The Labute approximate surface area is 122 Å². The molecule has 1 heterocycles. The first-order valence-electron chi connectivity index (χ1n) is 6.75. The Morgan fingerprint density at radius 3 is 2.70 bits per heavy atom. The van der Waals surface area contributed by atoms with E-state index in [1.54, 1.807) is 28.2 Å². The molecular formula is C14H20N2O3S. The van der Waals surface area contributed by atoms with E-state index in [4.69, 9.17) is 5.11 Å². The average molecular weight is 296 g/mol. The summed E-state index contributed by atoms with van der Waals surface area (Å²) in [5, 5.41) is 10.9. The van der Waals surface area contributed by atoms with Crippen LogP contribution in [0.2, 0.25) is 0 Å². The van der Waals surface area contributed by atoms with E-state index in [9.17, 15) is 9.59 Å². The Kier molecular flexibility index (Phi) is 5.14. The summed E-state index contributed by atoms with van der Waals surface area (Å²) < 4.78 is 0. The minimum Gasteiger partial charge on any atom is -0.480 e. The quantitative estimate of drug-likeness (QED) is 0.790.